The first-order valence-corrected chi connectivity index (χ1v) is 10.9. The SMILES string of the molecule is O=C1CN(C(=O)COC(=O)c2ccc3c(c2)C(=O)N(c2ccc(Cl)cc2)C3=O)c2ccccc2N1. The van der Waals surface area contributed by atoms with Gasteiger partial charge in [0.2, 0.25) is 5.91 Å². The first-order chi connectivity index (χ1) is 16.8. The van der Waals surface area contributed by atoms with Crippen LogP contribution in [0.4, 0.5) is 17.1 Å². The van der Waals surface area contributed by atoms with Gasteiger partial charge in [0.25, 0.3) is 17.7 Å². The largest absolute Gasteiger partial charge is 0.452 e. The molecule has 174 valence electrons. The summed E-state index contributed by atoms with van der Waals surface area (Å²) in [5.41, 5.74) is 1.53. The maximum Gasteiger partial charge on any atom is 0.338 e. The van der Waals surface area contributed by atoms with Gasteiger partial charge in [-0.3, -0.25) is 24.1 Å². The van der Waals surface area contributed by atoms with Crippen molar-refractivity contribution in [2.75, 3.05) is 28.3 Å². The molecule has 2 heterocycles. The second kappa shape index (κ2) is 8.69. The molecule has 0 aliphatic carbocycles. The molecular formula is C25H16ClN3O6. The van der Waals surface area contributed by atoms with Gasteiger partial charge in [0, 0.05) is 5.02 Å². The van der Waals surface area contributed by atoms with Gasteiger partial charge in [-0.2, -0.15) is 0 Å². The van der Waals surface area contributed by atoms with Gasteiger partial charge in [0.05, 0.1) is 33.8 Å². The van der Waals surface area contributed by atoms with Crippen LogP contribution in [-0.4, -0.2) is 42.7 Å². The molecule has 0 bridgehead atoms. The number of halogens is 1. The molecule has 2 aliphatic rings. The van der Waals surface area contributed by atoms with Crippen LogP contribution >= 0.6 is 11.6 Å². The molecule has 5 rings (SSSR count). The zero-order valence-electron chi connectivity index (χ0n) is 18.0. The van der Waals surface area contributed by atoms with Gasteiger partial charge in [0.15, 0.2) is 6.61 Å². The second-order valence-electron chi connectivity index (χ2n) is 7.80. The molecule has 0 unspecified atom stereocenters. The molecule has 0 radical (unpaired) electrons. The van der Waals surface area contributed by atoms with Crippen molar-refractivity contribution < 1.29 is 28.7 Å². The van der Waals surface area contributed by atoms with E-state index in [2.05, 4.69) is 5.32 Å². The second-order valence-corrected chi connectivity index (χ2v) is 8.24. The average Bonchev–Trinajstić information content (AvgIpc) is 3.11. The number of carbonyl (C=O) groups excluding carboxylic acids is 5. The highest BCUT2D eigenvalue weighted by molar-refractivity contribution is 6.35. The van der Waals surface area contributed by atoms with E-state index in [0.29, 0.717) is 22.1 Å². The number of fused-ring (bicyclic) bond motifs is 2. The van der Waals surface area contributed by atoms with Crippen LogP contribution in [0.2, 0.25) is 5.02 Å². The smallest absolute Gasteiger partial charge is 0.338 e. The highest BCUT2D eigenvalue weighted by atomic mass is 35.5. The number of anilines is 3. The minimum absolute atomic E-state index is 0.00689. The monoisotopic (exact) mass is 489 g/mol. The third kappa shape index (κ3) is 4.02. The summed E-state index contributed by atoms with van der Waals surface area (Å²) < 4.78 is 5.15. The van der Waals surface area contributed by atoms with E-state index < -0.39 is 30.3 Å². The number of para-hydroxylation sites is 2. The fraction of sp³-hybridized carbons (Fsp3) is 0.0800. The predicted octanol–water partition coefficient (Wildman–Crippen LogP) is 3.28. The van der Waals surface area contributed by atoms with Gasteiger partial charge < -0.3 is 10.1 Å². The molecule has 0 spiro atoms. The summed E-state index contributed by atoms with van der Waals surface area (Å²) in [4.78, 5) is 65.2. The molecule has 1 N–H and O–H groups in total. The van der Waals surface area contributed by atoms with Gasteiger partial charge in [-0.1, -0.05) is 23.7 Å². The number of carbonyl (C=O) groups is 5. The maximum atomic E-state index is 12.9. The summed E-state index contributed by atoms with van der Waals surface area (Å²) in [6.07, 6.45) is 0. The zero-order chi connectivity index (χ0) is 24.7. The lowest BCUT2D eigenvalue weighted by Crippen LogP contribution is -2.44. The van der Waals surface area contributed by atoms with E-state index in [0.717, 1.165) is 4.90 Å². The first kappa shape index (κ1) is 22.3. The standard InChI is InChI=1S/C25H16ClN3O6/c26-15-6-8-16(9-7-15)29-23(32)17-10-5-14(11-18(17)24(29)33)25(34)35-13-22(31)28-12-21(30)27-19-3-1-2-4-20(19)28/h1-11H,12-13H2,(H,27,30). The highest BCUT2D eigenvalue weighted by Crippen LogP contribution is 2.31. The Kier molecular flexibility index (Phi) is 5.54. The van der Waals surface area contributed by atoms with E-state index in [9.17, 15) is 24.0 Å². The molecule has 0 saturated carbocycles. The number of nitrogens with zero attached hydrogens (tertiary/aromatic N) is 2. The van der Waals surface area contributed by atoms with Crippen LogP contribution in [0.3, 0.4) is 0 Å². The topological polar surface area (TPSA) is 113 Å². The van der Waals surface area contributed by atoms with Crippen LogP contribution in [0.1, 0.15) is 31.1 Å². The van der Waals surface area contributed by atoms with E-state index in [4.69, 9.17) is 16.3 Å². The van der Waals surface area contributed by atoms with Gasteiger partial charge in [0.1, 0.15) is 6.54 Å². The summed E-state index contributed by atoms with van der Waals surface area (Å²) >= 11 is 5.88. The Hall–Kier alpha value is -4.50. The van der Waals surface area contributed by atoms with E-state index >= 15 is 0 Å². The molecule has 0 atom stereocenters. The molecule has 0 aromatic heterocycles. The summed E-state index contributed by atoms with van der Waals surface area (Å²) in [6.45, 7) is -0.815. The lowest BCUT2D eigenvalue weighted by Gasteiger charge is -2.28. The van der Waals surface area contributed by atoms with Gasteiger partial charge in [-0.05, 0) is 54.6 Å². The maximum absolute atomic E-state index is 12.9. The Morgan fingerprint density at radius 2 is 1.63 bits per heavy atom. The number of imide groups is 1. The Labute approximate surface area is 203 Å². The van der Waals surface area contributed by atoms with Crippen molar-refractivity contribution in [3.05, 3.63) is 88.4 Å². The number of hydrogen-bond donors (Lipinski definition) is 1. The number of benzene rings is 3. The van der Waals surface area contributed by atoms with E-state index in [1.165, 1.54) is 23.1 Å². The van der Waals surface area contributed by atoms with Crippen molar-refractivity contribution in [2.24, 2.45) is 0 Å². The zero-order valence-corrected chi connectivity index (χ0v) is 18.7. The van der Waals surface area contributed by atoms with Crippen LogP contribution in [0.5, 0.6) is 0 Å². The van der Waals surface area contributed by atoms with Crippen LogP contribution in [0, 0.1) is 0 Å². The van der Waals surface area contributed by atoms with E-state index in [-0.39, 0.29) is 29.1 Å². The van der Waals surface area contributed by atoms with Crippen LogP contribution in [0.25, 0.3) is 0 Å². The Bertz CT molecular complexity index is 1420. The van der Waals surface area contributed by atoms with Gasteiger partial charge >= 0.3 is 5.97 Å². The quantitative estimate of drug-likeness (QED) is 0.444. The van der Waals surface area contributed by atoms with Crippen molar-refractivity contribution in [1.82, 2.24) is 0 Å². The number of amides is 4. The highest BCUT2D eigenvalue weighted by Gasteiger charge is 2.37. The Balaban J connectivity index is 1.31. The number of ether oxygens (including phenoxy) is 1. The molecule has 35 heavy (non-hydrogen) atoms. The Morgan fingerprint density at radius 1 is 0.914 bits per heavy atom. The van der Waals surface area contributed by atoms with E-state index in [1.807, 2.05) is 0 Å². The summed E-state index contributed by atoms with van der Waals surface area (Å²) in [6, 6.07) is 17.0. The third-order valence-electron chi connectivity index (χ3n) is 5.61. The molecule has 0 saturated heterocycles. The van der Waals surface area contributed by atoms with Crippen LogP contribution < -0.4 is 15.1 Å². The minimum atomic E-state index is -0.846. The van der Waals surface area contributed by atoms with Gasteiger partial charge in [-0.25, -0.2) is 9.69 Å². The number of rotatable bonds is 4. The Morgan fingerprint density at radius 3 is 2.40 bits per heavy atom. The summed E-state index contributed by atoms with van der Waals surface area (Å²) in [7, 11) is 0. The molecule has 4 amide bonds. The minimum Gasteiger partial charge on any atom is -0.452 e. The number of hydrogen-bond acceptors (Lipinski definition) is 6. The normalized spacial score (nSPS) is 14.4. The van der Waals surface area contributed by atoms with Crippen molar-refractivity contribution in [3.8, 4) is 0 Å². The third-order valence-corrected chi connectivity index (χ3v) is 5.86. The molecular weight excluding hydrogens is 474 g/mol. The van der Waals surface area contributed by atoms with Crippen molar-refractivity contribution in [1.29, 1.82) is 0 Å². The first-order valence-electron chi connectivity index (χ1n) is 10.5. The molecule has 0 fully saturated rings. The number of esters is 1. The van der Waals surface area contributed by atoms with Gasteiger partial charge in [-0.15, -0.1) is 0 Å². The van der Waals surface area contributed by atoms with Crippen LogP contribution in [0.15, 0.2) is 66.7 Å². The lowest BCUT2D eigenvalue weighted by atomic mass is 10.1. The summed E-state index contributed by atoms with van der Waals surface area (Å²) in [5, 5.41) is 3.13. The number of nitrogens with one attached hydrogen (secondary N) is 1. The van der Waals surface area contributed by atoms with E-state index in [1.54, 1.807) is 48.5 Å². The molecule has 3 aromatic rings. The lowest BCUT2D eigenvalue weighted by molar-refractivity contribution is -0.124. The van der Waals surface area contributed by atoms with Crippen molar-refractivity contribution >= 4 is 58.3 Å². The average molecular weight is 490 g/mol. The molecule has 2 aliphatic heterocycles. The van der Waals surface area contributed by atoms with Crippen LogP contribution in [-0.2, 0) is 14.3 Å². The molecule has 3 aromatic carbocycles. The fourth-order valence-electron chi connectivity index (χ4n) is 3.94. The van der Waals surface area contributed by atoms with Crippen molar-refractivity contribution in [2.45, 2.75) is 0 Å². The molecule has 9 nitrogen and oxygen atoms in total. The predicted molar refractivity (Wildman–Crippen MR) is 127 cm³/mol. The van der Waals surface area contributed by atoms with Crippen molar-refractivity contribution in [3.63, 3.8) is 0 Å². The molecule has 10 heteroatoms. The summed E-state index contributed by atoms with van der Waals surface area (Å²) in [5.74, 6) is -2.91. The fourth-order valence-corrected chi connectivity index (χ4v) is 4.06.